The number of fused-ring (bicyclic) bond motifs is 1. The molecule has 2 heterocycles. The Bertz CT molecular complexity index is 825. The maximum Gasteiger partial charge on any atom is 0.278 e. The van der Waals surface area contributed by atoms with Gasteiger partial charge in [0.1, 0.15) is 5.52 Å². The summed E-state index contributed by atoms with van der Waals surface area (Å²) < 4.78 is 1.72. The Labute approximate surface area is 165 Å². The molecule has 0 saturated carbocycles. The van der Waals surface area contributed by atoms with Gasteiger partial charge in [0.2, 0.25) is 5.91 Å². The molecule has 0 radical (unpaired) electrons. The monoisotopic (exact) mass is 392 g/mol. The zero-order chi connectivity index (χ0) is 20.0. The fourth-order valence-corrected chi connectivity index (χ4v) is 3.86. The summed E-state index contributed by atoms with van der Waals surface area (Å²) >= 11 is 1.37. The molecule has 150 valence electrons. The lowest BCUT2D eigenvalue weighted by Crippen LogP contribution is -2.33. The second-order valence-electron chi connectivity index (χ2n) is 7.36. The number of H-pyrrole nitrogens is 1. The molecular weight excluding hydrogens is 360 g/mol. The van der Waals surface area contributed by atoms with Crippen molar-refractivity contribution in [3.8, 4) is 0 Å². The van der Waals surface area contributed by atoms with E-state index in [2.05, 4.69) is 30.7 Å². The zero-order valence-corrected chi connectivity index (χ0v) is 18.0. The van der Waals surface area contributed by atoms with Crippen molar-refractivity contribution in [3.63, 3.8) is 0 Å². The lowest BCUT2D eigenvalue weighted by Gasteiger charge is -2.20. The number of hydrogen-bond acceptors (Lipinski definition) is 4. The topological polar surface area (TPSA) is 71.0 Å². The Balaban J connectivity index is 2.25. The highest BCUT2D eigenvalue weighted by atomic mass is 32.2. The van der Waals surface area contributed by atoms with Crippen molar-refractivity contribution in [2.45, 2.75) is 65.6 Å². The second kappa shape index (κ2) is 9.97. The number of nitrogens with one attached hydrogen (secondary N) is 1. The van der Waals surface area contributed by atoms with Crippen LogP contribution in [0.4, 0.5) is 0 Å². The molecule has 0 fully saturated rings. The first kappa shape index (κ1) is 21.5. The summed E-state index contributed by atoms with van der Waals surface area (Å²) in [5.74, 6) is 0.897. The number of carbonyl (C=O) groups is 1. The van der Waals surface area contributed by atoms with Crippen molar-refractivity contribution in [3.05, 3.63) is 22.1 Å². The van der Waals surface area contributed by atoms with Crippen LogP contribution in [0.15, 0.2) is 16.0 Å². The SMILES string of the molecule is CCCCN(CC)C(=O)CSc1nc2cc(C)[nH]c2c(=O)n1CCC(C)C. The summed E-state index contributed by atoms with van der Waals surface area (Å²) in [5.41, 5.74) is 2.08. The van der Waals surface area contributed by atoms with Gasteiger partial charge < -0.3 is 9.88 Å². The van der Waals surface area contributed by atoms with Crippen LogP contribution in [0.1, 0.15) is 52.7 Å². The van der Waals surface area contributed by atoms with Crippen LogP contribution < -0.4 is 5.56 Å². The normalized spacial score (nSPS) is 11.5. The first-order chi connectivity index (χ1) is 12.9. The summed E-state index contributed by atoms with van der Waals surface area (Å²) in [6.45, 7) is 12.4. The highest BCUT2D eigenvalue weighted by Crippen LogP contribution is 2.20. The summed E-state index contributed by atoms with van der Waals surface area (Å²) in [6.07, 6.45) is 2.97. The molecule has 2 aromatic heterocycles. The Morgan fingerprint density at radius 2 is 2.11 bits per heavy atom. The van der Waals surface area contributed by atoms with E-state index in [1.165, 1.54) is 11.8 Å². The van der Waals surface area contributed by atoms with Gasteiger partial charge in [-0.3, -0.25) is 14.2 Å². The van der Waals surface area contributed by atoms with Gasteiger partial charge in [-0.05, 0) is 38.7 Å². The van der Waals surface area contributed by atoms with E-state index in [1.807, 2.05) is 24.8 Å². The fourth-order valence-electron chi connectivity index (χ4n) is 2.93. The van der Waals surface area contributed by atoms with E-state index in [0.29, 0.717) is 41.0 Å². The molecule has 1 amide bonds. The van der Waals surface area contributed by atoms with Crippen LogP contribution in [0.25, 0.3) is 11.0 Å². The van der Waals surface area contributed by atoms with Gasteiger partial charge in [0.25, 0.3) is 5.56 Å². The molecule has 6 nitrogen and oxygen atoms in total. The Hall–Kier alpha value is -1.76. The van der Waals surface area contributed by atoms with Gasteiger partial charge in [-0.15, -0.1) is 0 Å². The van der Waals surface area contributed by atoms with Crippen LogP contribution in [0.3, 0.4) is 0 Å². The van der Waals surface area contributed by atoms with Crippen LogP contribution in [-0.2, 0) is 11.3 Å². The molecule has 27 heavy (non-hydrogen) atoms. The second-order valence-corrected chi connectivity index (χ2v) is 8.30. The highest BCUT2D eigenvalue weighted by molar-refractivity contribution is 7.99. The quantitative estimate of drug-likeness (QED) is 0.493. The maximum absolute atomic E-state index is 12.9. The van der Waals surface area contributed by atoms with E-state index < -0.39 is 0 Å². The van der Waals surface area contributed by atoms with Gasteiger partial charge in [-0.25, -0.2) is 4.98 Å². The number of nitrogens with zero attached hydrogens (tertiary/aromatic N) is 3. The van der Waals surface area contributed by atoms with Crippen LogP contribution in [0, 0.1) is 12.8 Å². The third-order valence-electron chi connectivity index (χ3n) is 4.61. The smallest absolute Gasteiger partial charge is 0.278 e. The molecule has 0 aromatic carbocycles. The van der Waals surface area contributed by atoms with E-state index in [9.17, 15) is 9.59 Å². The molecule has 0 aliphatic carbocycles. The van der Waals surface area contributed by atoms with Crippen molar-refractivity contribution in [2.24, 2.45) is 5.92 Å². The predicted molar refractivity (Wildman–Crippen MR) is 112 cm³/mol. The first-order valence-corrected chi connectivity index (χ1v) is 10.9. The maximum atomic E-state index is 12.9. The Kier molecular flexibility index (Phi) is 7.95. The summed E-state index contributed by atoms with van der Waals surface area (Å²) in [7, 11) is 0. The molecule has 0 aliphatic rings. The van der Waals surface area contributed by atoms with Crippen LogP contribution in [0.5, 0.6) is 0 Å². The van der Waals surface area contributed by atoms with Crippen molar-refractivity contribution >= 4 is 28.7 Å². The van der Waals surface area contributed by atoms with E-state index in [1.54, 1.807) is 4.57 Å². The third kappa shape index (κ3) is 5.61. The number of amides is 1. The van der Waals surface area contributed by atoms with Crippen LogP contribution >= 0.6 is 11.8 Å². The molecular formula is C20H32N4O2S. The molecule has 0 saturated heterocycles. The fraction of sp³-hybridized carbons (Fsp3) is 0.650. The number of unbranched alkanes of at least 4 members (excludes halogenated alkanes) is 1. The predicted octanol–water partition coefficient (Wildman–Crippen LogP) is 3.82. The number of carbonyl (C=O) groups excluding carboxylic acids is 1. The van der Waals surface area contributed by atoms with Crippen LogP contribution in [-0.4, -0.2) is 44.2 Å². The molecule has 2 rings (SSSR count). The highest BCUT2D eigenvalue weighted by Gasteiger charge is 2.17. The molecule has 0 aliphatic heterocycles. The first-order valence-electron chi connectivity index (χ1n) is 9.88. The summed E-state index contributed by atoms with van der Waals surface area (Å²) in [5, 5.41) is 0.632. The van der Waals surface area contributed by atoms with Crippen molar-refractivity contribution in [1.29, 1.82) is 0 Å². The third-order valence-corrected chi connectivity index (χ3v) is 5.57. The number of aromatic amines is 1. The lowest BCUT2D eigenvalue weighted by molar-refractivity contribution is -0.128. The largest absolute Gasteiger partial charge is 0.353 e. The molecule has 2 aromatic rings. The van der Waals surface area contributed by atoms with Crippen molar-refractivity contribution < 1.29 is 4.79 Å². The van der Waals surface area contributed by atoms with Crippen molar-refractivity contribution in [2.75, 3.05) is 18.8 Å². The van der Waals surface area contributed by atoms with Gasteiger partial charge in [0.05, 0.1) is 11.3 Å². The van der Waals surface area contributed by atoms with Gasteiger partial charge in [0, 0.05) is 25.3 Å². The molecule has 0 spiro atoms. The minimum Gasteiger partial charge on any atom is -0.353 e. The van der Waals surface area contributed by atoms with E-state index in [-0.39, 0.29) is 11.5 Å². The van der Waals surface area contributed by atoms with Gasteiger partial charge >= 0.3 is 0 Å². The van der Waals surface area contributed by atoms with Gasteiger partial charge in [0.15, 0.2) is 5.16 Å². The number of aryl methyl sites for hydroxylation is 1. The summed E-state index contributed by atoms with van der Waals surface area (Å²) in [6, 6.07) is 1.88. The number of thioether (sulfide) groups is 1. The van der Waals surface area contributed by atoms with Crippen molar-refractivity contribution in [1.82, 2.24) is 19.4 Å². The van der Waals surface area contributed by atoms with Gasteiger partial charge in [-0.2, -0.15) is 0 Å². The molecule has 0 atom stereocenters. The van der Waals surface area contributed by atoms with Crippen LogP contribution in [0.2, 0.25) is 0 Å². The number of rotatable bonds is 10. The van der Waals surface area contributed by atoms with E-state index in [4.69, 9.17) is 0 Å². The number of hydrogen-bond donors (Lipinski definition) is 1. The summed E-state index contributed by atoms with van der Waals surface area (Å²) in [4.78, 5) is 35.2. The van der Waals surface area contributed by atoms with E-state index >= 15 is 0 Å². The average molecular weight is 393 g/mol. The molecule has 0 bridgehead atoms. The molecule has 0 unspecified atom stereocenters. The Morgan fingerprint density at radius 1 is 1.37 bits per heavy atom. The Morgan fingerprint density at radius 3 is 2.74 bits per heavy atom. The minimum absolute atomic E-state index is 0.0537. The number of aromatic nitrogens is 3. The average Bonchev–Trinajstić information content (AvgIpc) is 3.00. The van der Waals surface area contributed by atoms with E-state index in [0.717, 1.165) is 31.5 Å². The lowest BCUT2D eigenvalue weighted by atomic mass is 10.1. The zero-order valence-electron chi connectivity index (χ0n) is 17.2. The standard InChI is InChI=1S/C20H32N4O2S/c1-6-8-10-23(7-2)17(25)13-27-20-22-16-12-15(5)21-18(16)19(26)24(20)11-9-14(3)4/h12,14,21H,6-11,13H2,1-5H3. The molecule has 1 N–H and O–H groups in total. The molecule has 7 heteroatoms. The van der Waals surface area contributed by atoms with Gasteiger partial charge in [-0.1, -0.05) is 39.0 Å². The minimum atomic E-state index is -0.0537.